The Kier molecular flexibility index (Phi) is 5.59. The molecule has 0 radical (unpaired) electrons. The first kappa shape index (κ1) is 19.0. The van der Waals surface area contributed by atoms with E-state index >= 15 is 0 Å². The standard InChI is InChI=1S/C20H19N5O3/c1-14-3-7-17(8-4-14)15(2)21-22-20(26)19-11-12-24(23-19)13-16-5-9-18(10-6-16)25(27)28/h3-12H,13H2,1-2H3,(H,22,26)/b21-15+. The zero-order valence-electron chi connectivity index (χ0n) is 15.5. The highest BCUT2D eigenvalue weighted by molar-refractivity contribution is 6.00. The molecular formula is C20H19N5O3. The van der Waals surface area contributed by atoms with Crippen LogP contribution in [0.4, 0.5) is 5.69 Å². The molecule has 1 aromatic heterocycles. The number of benzene rings is 2. The van der Waals surface area contributed by atoms with Crippen LogP contribution in [0.1, 0.15) is 34.1 Å². The third-order valence-corrected chi connectivity index (χ3v) is 4.16. The second-order valence-corrected chi connectivity index (χ2v) is 6.33. The molecule has 8 nitrogen and oxygen atoms in total. The summed E-state index contributed by atoms with van der Waals surface area (Å²) >= 11 is 0. The Morgan fingerprint density at radius 3 is 2.46 bits per heavy atom. The van der Waals surface area contributed by atoms with Gasteiger partial charge in [-0.05, 0) is 31.0 Å². The summed E-state index contributed by atoms with van der Waals surface area (Å²) in [5, 5.41) is 19.0. The maximum atomic E-state index is 12.3. The number of nitro benzene ring substituents is 1. The number of hydrogen-bond donors (Lipinski definition) is 1. The molecule has 0 spiro atoms. The summed E-state index contributed by atoms with van der Waals surface area (Å²) in [4.78, 5) is 22.5. The molecule has 0 saturated carbocycles. The number of nitro groups is 1. The normalized spacial score (nSPS) is 11.3. The van der Waals surface area contributed by atoms with Crippen LogP contribution in [0.2, 0.25) is 0 Å². The third kappa shape index (κ3) is 4.67. The van der Waals surface area contributed by atoms with Crippen molar-refractivity contribution in [3.05, 3.63) is 93.3 Å². The molecule has 1 N–H and O–H groups in total. The Labute approximate surface area is 161 Å². The van der Waals surface area contributed by atoms with Crippen molar-refractivity contribution in [1.29, 1.82) is 0 Å². The van der Waals surface area contributed by atoms with Crippen LogP contribution in [-0.4, -0.2) is 26.3 Å². The number of non-ortho nitro benzene ring substituents is 1. The van der Waals surface area contributed by atoms with Crippen molar-refractivity contribution in [3.8, 4) is 0 Å². The van der Waals surface area contributed by atoms with E-state index in [1.54, 1.807) is 29.1 Å². The van der Waals surface area contributed by atoms with Crippen molar-refractivity contribution in [1.82, 2.24) is 15.2 Å². The van der Waals surface area contributed by atoms with Gasteiger partial charge < -0.3 is 0 Å². The largest absolute Gasteiger partial charge is 0.291 e. The molecular weight excluding hydrogens is 358 g/mol. The number of carbonyl (C=O) groups excluding carboxylic acids is 1. The molecule has 0 aliphatic carbocycles. The molecule has 0 saturated heterocycles. The summed E-state index contributed by atoms with van der Waals surface area (Å²) in [6.07, 6.45) is 1.67. The molecule has 0 aliphatic rings. The van der Waals surface area contributed by atoms with Gasteiger partial charge in [0.05, 0.1) is 17.2 Å². The fourth-order valence-corrected chi connectivity index (χ4v) is 2.53. The van der Waals surface area contributed by atoms with E-state index in [2.05, 4.69) is 15.6 Å². The van der Waals surface area contributed by atoms with E-state index in [4.69, 9.17) is 0 Å². The van der Waals surface area contributed by atoms with Gasteiger partial charge in [0.1, 0.15) is 0 Å². The van der Waals surface area contributed by atoms with E-state index in [1.807, 2.05) is 38.1 Å². The van der Waals surface area contributed by atoms with Gasteiger partial charge in [0.15, 0.2) is 5.69 Å². The minimum Gasteiger partial charge on any atom is -0.268 e. The van der Waals surface area contributed by atoms with Gasteiger partial charge >= 0.3 is 0 Å². The molecule has 1 amide bonds. The molecule has 2 aromatic carbocycles. The van der Waals surface area contributed by atoms with Crippen LogP contribution < -0.4 is 5.43 Å². The Morgan fingerprint density at radius 2 is 1.82 bits per heavy atom. The average molecular weight is 377 g/mol. The fraction of sp³-hybridized carbons (Fsp3) is 0.150. The molecule has 1 heterocycles. The van der Waals surface area contributed by atoms with Gasteiger partial charge in [-0.25, -0.2) is 5.43 Å². The van der Waals surface area contributed by atoms with E-state index in [0.717, 1.165) is 16.7 Å². The first-order valence-electron chi connectivity index (χ1n) is 8.61. The van der Waals surface area contributed by atoms with Crippen LogP contribution in [0.3, 0.4) is 0 Å². The minimum atomic E-state index is -0.445. The van der Waals surface area contributed by atoms with E-state index in [0.29, 0.717) is 12.3 Å². The first-order chi connectivity index (χ1) is 13.4. The molecule has 8 heteroatoms. The van der Waals surface area contributed by atoms with Gasteiger partial charge in [0, 0.05) is 18.3 Å². The van der Waals surface area contributed by atoms with Crippen LogP contribution >= 0.6 is 0 Å². The summed E-state index contributed by atoms with van der Waals surface area (Å²) in [6, 6.07) is 15.6. The first-order valence-corrected chi connectivity index (χ1v) is 8.61. The quantitative estimate of drug-likeness (QED) is 0.404. The number of aryl methyl sites for hydroxylation is 1. The molecule has 0 atom stereocenters. The molecule has 3 rings (SSSR count). The lowest BCUT2D eigenvalue weighted by molar-refractivity contribution is -0.384. The van der Waals surface area contributed by atoms with E-state index in [-0.39, 0.29) is 11.4 Å². The van der Waals surface area contributed by atoms with E-state index in [9.17, 15) is 14.9 Å². The smallest absolute Gasteiger partial charge is 0.268 e. The van der Waals surface area contributed by atoms with Crippen molar-refractivity contribution < 1.29 is 9.72 Å². The summed E-state index contributed by atoms with van der Waals surface area (Å²) in [7, 11) is 0. The number of hydrazone groups is 1. The number of amides is 1. The summed E-state index contributed by atoms with van der Waals surface area (Å²) in [5.74, 6) is -0.408. The van der Waals surface area contributed by atoms with Crippen LogP contribution in [0, 0.1) is 17.0 Å². The van der Waals surface area contributed by atoms with Gasteiger partial charge in [0.25, 0.3) is 11.6 Å². The van der Waals surface area contributed by atoms with Gasteiger partial charge in [-0.1, -0.05) is 42.0 Å². The lowest BCUT2D eigenvalue weighted by atomic mass is 10.1. The fourth-order valence-electron chi connectivity index (χ4n) is 2.53. The molecule has 0 fully saturated rings. The predicted molar refractivity (Wildman–Crippen MR) is 105 cm³/mol. The van der Waals surface area contributed by atoms with Gasteiger partial charge in [-0.15, -0.1) is 0 Å². The van der Waals surface area contributed by atoms with Crippen LogP contribution in [0.25, 0.3) is 0 Å². The van der Waals surface area contributed by atoms with Crippen molar-refractivity contribution in [2.45, 2.75) is 20.4 Å². The number of nitrogens with one attached hydrogen (secondary N) is 1. The van der Waals surface area contributed by atoms with Gasteiger partial charge in [-0.2, -0.15) is 10.2 Å². The summed E-state index contributed by atoms with van der Waals surface area (Å²) in [5.41, 5.74) is 6.39. The number of hydrogen-bond acceptors (Lipinski definition) is 5. The lowest BCUT2D eigenvalue weighted by Crippen LogP contribution is -2.20. The van der Waals surface area contributed by atoms with Crippen LogP contribution in [0.15, 0.2) is 65.9 Å². The second kappa shape index (κ2) is 8.26. The SMILES string of the molecule is C/C(=N\NC(=O)c1ccn(Cc2ccc([N+](=O)[O-])cc2)n1)c1ccc(C)cc1. The predicted octanol–water partition coefficient (Wildman–Crippen LogP) is 3.30. The minimum absolute atomic E-state index is 0.0334. The second-order valence-electron chi connectivity index (χ2n) is 6.33. The van der Waals surface area contributed by atoms with Gasteiger partial charge in [-0.3, -0.25) is 19.6 Å². The van der Waals surface area contributed by atoms with E-state index < -0.39 is 10.8 Å². The Hall–Kier alpha value is -3.81. The molecule has 28 heavy (non-hydrogen) atoms. The zero-order chi connectivity index (χ0) is 20.1. The topological polar surface area (TPSA) is 102 Å². The third-order valence-electron chi connectivity index (χ3n) is 4.16. The Balaban J connectivity index is 1.62. The Morgan fingerprint density at radius 1 is 1.14 bits per heavy atom. The number of rotatable bonds is 6. The zero-order valence-corrected chi connectivity index (χ0v) is 15.5. The monoisotopic (exact) mass is 377 g/mol. The number of nitrogens with zero attached hydrogens (tertiary/aromatic N) is 4. The molecule has 0 unspecified atom stereocenters. The van der Waals surface area contributed by atoms with Crippen molar-refractivity contribution in [2.75, 3.05) is 0 Å². The van der Waals surface area contributed by atoms with Gasteiger partial charge in [0.2, 0.25) is 0 Å². The highest BCUT2D eigenvalue weighted by atomic mass is 16.6. The van der Waals surface area contributed by atoms with E-state index in [1.165, 1.54) is 12.1 Å². The van der Waals surface area contributed by atoms with Crippen molar-refractivity contribution in [3.63, 3.8) is 0 Å². The highest BCUT2D eigenvalue weighted by Gasteiger charge is 2.10. The maximum Gasteiger partial charge on any atom is 0.291 e. The van der Waals surface area contributed by atoms with Crippen LogP contribution in [-0.2, 0) is 6.54 Å². The van der Waals surface area contributed by atoms with Crippen molar-refractivity contribution >= 4 is 17.3 Å². The Bertz CT molecular complexity index is 1020. The molecule has 142 valence electrons. The lowest BCUT2D eigenvalue weighted by Gasteiger charge is -2.03. The molecule has 3 aromatic rings. The molecule has 0 aliphatic heterocycles. The average Bonchev–Trinajstić information content (AvgIpc) is 3.15. The van der Waals surface area contributed by atoms with Crippen LogP contribution in [0.5, 0.6) is 0 Å². The highest BCUT2D eigenvalue weighted by Crippen LogP contribution is 2.13. The maximum absolute atomic E-state index is 12.3. The molecule has 0 bridgehead atoms. The summed E-state index contributed by atoms with van der Waals surface area (Å²) < 4.78 is 1.59. The van der Waals surface area contributed by atoms with Crippen molar-refractivity contribution in [2.24, 2.45) is 5.10 Å². The number of carbonyl (C=O) groups is 1. The summed E-state index contributed by atoms with van der Waals surface area (Å²) in [6.45, 7) is 4.22. The number of aromatic nitrogens is 2.